The monoisotopic (exact) mass is 370 g/mol. The lowest BCUT2D eigenvalue weighted by Gasteiger charge is -2.44. The summed E-state index contributed by atoms with van der Waals surface area (Å²) in [5.74, 6) is 0. The fourth-order valence-electron chi connectivity index (χ4n) is 3.90. The minimum atomic E-state index is -2.49. The summed E-state index contributed by atoms with van der Waals surface area (Å²) in [4.78, 5) is 0. The van der Waals surface area contributed by atoms with Crippen LogP contribution in [0.2, 0.25) is 5.04 Å². The Kier molecular flexibility index (Phi) is 5.98. The van der Waals surface area contributed by atoms with Crippen molar-refractivity contribution >= 4 is 18.7 Å². The van der Waals surface area contributed by atoms with Gasteiger partial charge in [0, 0.05) is 0 Å². The molecule has 0 bridgehead atoms. The molecule has 1 aliphatic heterocycles. The van der Waals surface area contributed by atoms with Gasteiger partial charge in [0.25, 0.3) is 8.32 Å². The van der Waals surface area contributed by atoms with Crippen LogP contribution in [0, 0.1) is 0 Å². The van der Waals surface area contributed by atoms with Crippen LogP contribution in [0.5, 0.6) is 0 Å². The molecule has 26 heavy (non-hydrogen) atoms. The number of rotatable bonds is 5. The third-order valence-electron chi connectivity index (χ3n) is 5.25. The summed E-state index contributed by atoms with van der Waals surface area (Å²) in [5.41, 5.74) is 0. The number of aliphatic hydroxyl groups is 1. The van der Waals surface area contributed by atoms with Crippen molar-refractivity contribution in [2.45, 2.75) is 50.9 Å². The van der Waals surface area contributed by atoms with Crippen molar-refractivity contribution in [1.82, 2.24) is 0 Å². The van der Waals surface area contributed by atoms with Gasteiger partial charge in [0.2, 0.25) is 0 Å². The Morgan fingerprint density at radius 3 is 1.92 bits per heavy atom. The highest BCUT2D eigenvalue weighted by atomic mass is 28.4. The van der Waals surface area contributed by atoms with Gasteiger partial charge in [0.05, 0.1) is 25.4 Å². The molecule has 0 saturated carbocycles. The molecule has 4 heteroatoms. The first-order chi connectivity index (χ1) is 12.4. The lowest BCUT2D eigenvalue weighted by molar-refractivity contribution is -0.0709. The van der Waals surface area contributed by atoms with Gasteiger partial charge in [-0.15, -0.1) is 0 Å². The van der Waals surface area contributed by atoms with Crippen molar-refractivity contribution in [3.63, 3.8) is 0 Å². The van der Waals surface area contributed by atoms with Gasteiger partial charge in [0.15, 0.2) is 0 Å². The first kappa shape index (κ1) is 19.3. The minimum Gasteiger partial charge on any atom is -0.405 e. The standard InChI is InChI=1S/C22H30O3Si/c1-22(2,3)26(20-10-6-4-7-11-20,21-12-8-5-9-13-21)25-17-19-15-14-18(23)16-24-19/h4-13,18-19,23H,14-17H2,1-3H3/t18-,19-/m0/s1. The topological polar surface area (TPSA) is 38.7 Å². The van der Waals surface area contributed by atoms with Crippen molar-refractivity contribution in [1.29, 1.82) is 0 Å². The van der Waals surface area contributed by atoms with E-state index >= 15 is 0 Å². The van der Waals surface area contributed by atoms with Gasteiger partial charge < -0.3 is 14.3 Å². The predicted molar refractivity (Wildman–Crippen MR) is 109 cm³/mol. The van der Waals surface area contributed by atoms with Gasteiger partial charge in [-0.2, -0.15) is 0 Å². The second kappa shape index (κ2) is 8.05. The Balaban J connectivity index is 1.97. The second-order valence-corrected chi connectivity index (χ2v) is 12.5. The van der Waals surface area contributed by atoms with Crippen LogP contribution in [-0.2, 0) is 9.16 Å². The summed E-state index contributed by atoms with van der Waals surface area (Å²) < 4.78 is 12.7. The van der Waals surface area contributed by atoms with E-state index in [0.29, 0.717) is 13.2 Å². The molecule has 1 heterocycles. The lowest BCUT2D eigenvalue weighted by atomic mass is 10.1. The molecule has 3 rings (SSSR count). The van der Waals surface area contributed by atoms with E-state index in [1.807, 2.05) is 0 Å². The van der Waals surface area contributed by atoms with Crippen molar-refractivity contribution < 1.29 is 14.3 Å². The van der Waals surface area contributed by atoms with E-state index < -0.39 is 8.32 Å². The van der Waals surface area contributed by atoms with Crippen LogP contribution in [0.4, 0.5) is 0 Å². The fourth-order valence-corrected chi connectivity index (χ4v) is 8.49. The third kappa shape index (κ3) is 3.94. The Hall–Kier alpha value is -1.46. The van der Waals surface area contributed by atoms with Crippen LogP contribution in [0.15, 0.2) is 60.7 Å². The second-order valence-electron chi connectivity index (χ2n) is 8.16. The maximum atomic E-state index is 9.68. The first-order valence-electron chi connectivity index (χ1n) is 9.48. The molecule has 2 aromatic carbocycles. The van der Waals surface area contributed by atoms with Crippen molar-refractivity contribution in [3.8, 4) is 0 Å². The zero-order valence-electron chi connectivity index (χ0n) is 16.0. The van der Waals surface area contributed by atoms with Crippen LogP contribution in [0.25, 0.3) is 0 Å². The molecule has 1 aliphatic rings. The SMILES string of the molecule is CC(C)(C)[Si](OC[C@@H]1CC[C@H](O)CO1)(c1ccccc1)c1ccccc1. The Bertz CT molecular complexity index is 634. The third-order valence-corrected chi connectivity index (χ3v) is 10.3. The molecule has 140 valence electrons. The summed E-state index contributed by atoms with van der Waals surface area (Å²) in [6.07, 6.45) is 1.35. The summed E-state index contributed by atoms with van der Waals surface area (Å²) in [6.45, 7) is 7.83. The average molecular weight is 371 g/mol. The van der Waals surface area contributed by atoms with Crippen LogP contribution >= 0.6 is 0 Å². The van der Waals surface area contributed by atoms with Crippen LogP contribution in [0.3, 0.4) is 0 Å². The quantitative estimate of drug-likeness (QED) is 0.822. The molecular weight excluding hydrogens is 340 g/mol. The van der Waals surface area contributed by atoms with E-state index in [1.54, 1.807) is 0 Å². The van der Waals surface area contributed by atoms with E-state index in [9.17, 15) is 5.11 Å². The summed E-state index contributed by atoms with van der Waals surface area (Å²) in [6, 6.07) is 21.3. The van der Waals surface area contributed by atoms with Crippen molar-refractivity contribution in [2.75, 3.05) is 13.2 Å². The lowest BCUT2D eigenvalue weighted by Crippen LogP contribution is -2.67. The largest absolute Gasteiger partial charge is 0.405 e. The molecule has 3 nitrogen and oxygen atoms in total. The van der Waals surface area contributed by atoms with Gasteiger partial charge in [0.1, 0.15) is 0 Å². The van der Waals surface area contributed by atoms with E-state index in [2.05, 4.69) is 81.4 Å². The predicted octanol–water partition coefficient (Wildman–Crippen LogP) is 3.10. The number of hydrogen-bond donors (Lipinski definition) is 1. The summed E-state index contributed by atoms with van der Waals surface area (Å²) in [5, 5.41) is 12.2. The molecule has 0 unspecified atom stereocenters. The van der Waals surface area contributed by atoms with Gasteiger partial charge in [-0.05, 0) is 28.3 Å². The first-order valence-corrected chi connectivity index (χ1v) is 11.4. The molecule has 1 fully saturated rings. The Morgan fingerprint density at radius 1 is 0.962 bits per heavy atom. The number of benzene rings is 2. The molecule has 1 saturated heterocycles. The van der Waals surface area contributed by atoms with Crippen LogP contribution < -0.4 is 10.4 Å². The maximum absolute atomic E-state index is 9.68. The average Bonchev–Trinajstić information content (AvgIpc) is 2.64. The van der Waals surface area contributed by atoms with Gasteiger partial charge in [-0.1, -0.05) is 81.4 Å². The highest BCUT2D eigenvalue weighted by molar-refractivity contribution is 6.99. The number of ether oxygens (including phenoxy) is 1. The minimum absolute atomic E-state index is 0.0239. The molecule has 1 N–H and O–H groups in total. The molecule has 0 amide bonds. The van der Waals surface area contributed by atoms with E-state index in [-0.39, 0.29) is 17.2 Å². The van der Waals surface area contributed by atoms with Crippen molar-refractivity contribution in [3.05, 3.63) is 60.7 Å². The van der Waals surface area contributed by atoms with Crippen molar-refractivity contribution in [2.24, 2.45) is 0 Å². The van der Waals surface area contributed by atoms with Gasteiger partial charge >= 0.3 is 0 Å². The molecule has 2 atom stereocenters. The van der Waals surface area contributed by atoms with E-state index in [0.717, 1.165) is 12.8 Å². The van der Waals surface area contributed by atoms with Crippen LogP contribution in [-0.4, -0.2) is 38.8 Å². The highest BCUT2D eigenvalue weighted by Crippen LogP contribution is 2.37. The Morgan fingerprint density at radius 2 is 1.50 bits per heavy atom. The normalized spacial score (nSPS) is 21.5. The zero-order valence-corrected chi connectivity index (χ0v) is 17.0. The van der Waals surface area contributed by atoms with Gasteiger partial charge in [-0.3, -0.25) is 0 Å². The molecule has 2 aromatic rings. The molecule has 0 aliphatic carbocycles. The Labute approximate surface area is 158 Å². The molecule has 0 radical (unpaired) electrons. The molecule has 0 spiro atoms. The fraction of sp³-hybridized carbons (Fsp3) is 0.455. The summed E-state index contributed by atoms with van der Waals surface area (Å²) in [7, 11) is -2.49. The van der Waals surface area contributed by atoms with E-state index in [4.69, 9.17) is 9.16 Å². The highest BCUT2D eigenvalue weighted by Gasteiger charge is 2.50. The molecular formula is C22H30O3Si. The number of hydrogen-bond acceptors (Lipinski definition) is 3. The summed E-state index contributed by atoms with van der Waals surface area (Å²) >= 11 is 0. The van der Waals surface area contributed by atoms with Crippen LogP contribution in [0.1, 0.15) is 33.6 Å². The molecule has 0 aromatic heterocycles. The smallest absolute Gasteiger partial charge is 0.261 e. The maximum Gasteiger partial charge on any atom is 0.261 e. The van der Waals surface area contributed by atoms with E-state index in [1.165, 1.54) is 10.4 Å². The zero-order chi connectivity index (χ0) is 18.6. The number of aliphatic hydroxyl groups excluding tert-OH is 1. The van der Waals surface area contributed by atoms with Gasteiger partial charge in [-0.25, -0.2) is 0 Å².